The summed E-state index contributed by atoms with van der Waals surface area (Å²) < 4.78 is 11.4. The molecule has 5 rings (SSSR count). The van der Waals surface area contributed by atoms with Crippen molar-refractivity contribution in [3.63, 3.8) is 0 Å². The molecule has 194 valence electrons. The molecule has 0 saturated heterocycles. The number of methoxy groups -OCH3 is 1. The van der Waals surface area contributed by atoms with Gasteiger partial charge < -0.3 is 14.8 Å². The number of hydrazine groups is 1. The normalized spacial score (nSPS) is 13.7. The van der Waals surface area contributed by atoms with Crippen LogP contribution in [0.4, 0.5) is 5.69 Å². The Labute approximate surface area is 232 Å². The molecule has 0 saturated carbocycles. The number of aryl methyl sites for hydroxylation is 1. The molecular weight excluding hydrogens is 508 g/mol. The standard InChI is InChI=1S/C31H26N4O3S/c1-21-16-17-28(37-2)26(18-21)33-31(39)34-35-29(23-11-5-3-6-12-23)32-27(30(35)36)20-22-10-9-15-25(19-22)38-24-13-7-4-8-14-24/h3-20H,1-2H3,(H2,33,34,39)/b27-20-. The lowest BCUT2D eigenvalue weighted by Crippen LogP contribution is -2.49. The van der Waals surface area contributed by atoms with Gasteiger partial charge in [0.2, 0.25) is 0 Å². The highest BCUT2D eigenvalue weighted by Gasteiger charge is 2.32. The van der Waals surface area contributed by atoms with Crippen molar-refractivity contribution in [2.45, 2.75) is 6.92 Å². The molecule has 2 N–H and O–H groups in total. The van der Waals surface area contributed by atoms with Gasteiger partial charge in [0.25, 0.3) is 5.91 Å². The Morgan fingerprint density at radius 3 is 2.36 bits per heavy atom. The predicted octanol–water partition coefficient (Wildman–Crippen LogP) is 6.33. The number of para-hydroxylation sites is 1. The first kappa shape index (κ1) is 25.7. The zero-order valence-corrected chi connectivity index (χ0v) is 22.2. The molecular formula is C31H26N4O3S. The molecule has 1 heterocycles. The number of nitrogens with zero attached hydrogens (tertiary/aromatic N) is 2. The predicted molar refractivity (Wildman–Crippen MR) is 158 cm³/mol. The molecule has 0 atom stereocenters. The third kappa shape index (κ3) is 6.14. The number of rotatable bonds is 7. The van der Waals surface area contributed by atoms with Crippen LogP contribution < -0.4 is 20.2 Å². The fourth-order valence-electron chi connectivity index (χ4n) is 4.02. The highest BCUT2D eigenvalue weighted by molar-refractivity contribution is 7.80. The Morgan fingerprint density at radius 2 is 1.62 bits per heavy atom. The lowest BCUT2D eigenvalue weighted by atomic mass is 10.2. The van der Waals surface area contributed by atoms with Gasteiger partial charge in [-0.05, 0) is 72.7 Å². The molecule has 0 bridgehead atoms. The molecule has 0 spiro atoms. The SMILES string of the molecule is COc1ccc(C)cc1NC(=S)NN1C(=O)/C(=C/c2cccc(Oc3ccccc3)c2)N=C1c1ccccc1. The molecule has 4 aromatic carbocycles. The first-order valence-electron chi connectivity index (χ1n) is 12.3. The maximum Gasteiger partial charge on any atom is 0.297 e. The minimum absolute atomic E-state index is 0.218. The zero-order valence-electron chi connectivity index (χ0n) is 21.4. The Morgan fingerprint density at radius 1 is 0.897 bits per heavy atom. The van der Waals surface area contributed by atoms with Gasteiger partial charge in [-0.1, -0.05) is 66.7 Å². The van der Waals surface area contributed by atoms with E-state index in [-0.39, 0.29) is 16.7 Å². The van der Waals surface area contributed by atoms with Crippen LogP contribution in [0, 0.1) is 6.92 Å². The Bertz CT molecular complexity index is 1570. The van der Waals surface area contributed by atoms with E-state index >= 15 is 0 Å². The number of nitrogens with one attached hydrogen (secondary N) is 2. The molecule has 4 aromatic rings. The topological polar surface area (TPSA) is 75.2 Å². The first-order valence-corrected chi connectivity index (χ1v) is 12.7. The fraction of sp³-hybridized carbons (Fsp3) is 0.0645. The van der Waals surface area contributed by atoms with Crippen molar-refractivity contribution in [3.05, 3.63) is 126 Å². The Balaban J connectivity index is 1.41. The van der Waals surface area contributed by atoms with E-state index in [9.17, 15) is 4.79 Å². The lowest BCUT2D eigenvalue weighted by molar-refractivity contribution is -0.123. The number of aliphatic imine (C=N–C) groups is 1. The maximum absolute atomic E-state index is 13.6. The largest absolute Gasteiger partial charge is 0.495 e. The van der Waals surface area contributed by atoms with Gasteiger partial charge in [0.15, 0.2) is 10.9 Å². The van der Waals surface area contributed by atoms with Crippen LogP contribution in [0.15, 0.2) is 114 Å². The summed E-state index contributed by atoms with van der Waals surface area (Å²) in [7, 11) is 1.59. The molecule has 1 aliphatic rings. The molecule has 39 heavy (non-hydrogen) atoms. The number of carbonyl (C=O) groups excluding carboxylic acids is 1. The van der Waals surface area contributed by atoms with E-state index in [1.54, 1.807) is 13.2 Å². The molecule has 1 aliphatic heterocycles. The van der Waals surface area contributed by atoms with Crippen LogP contribution in [-0.4, -0.2) is 29.0 Å². The molecule has 7 nitrogen and oxygen atoms in total. The van der Waals surface area contributed by atoms with Crippen LogP contribution in [0.1, 0.15) is 16.7 Å². The number of benzene rings is 4. The zero-order chi connectivity index (χ0) is 27.2. The van der Waals surface area contributed by atoms with E-state index in [1.807, 2.05) is 110 Å². The molecule has 0 aliphatic carbocycles. The van der Waals surface area contributed by atoms with Gasteiger partial charge in [-0.2, -0.15) is 5.01 Å². The number of amidine groups is 1. The summed E-state index contributed by atoms with van der Waals surface area (Å²) >= 11 is 5.56. The van der Waals surface area contributed by atoms with Gasteiger partial charge >= 0.3 is 0 Å². The van der Waals surface area contributed by atoms with E-state index in [0.717, 1.165) is 22.4 Å². The second-order valence-electron chi connectivity index (χ2n) is 8.73. The van der Waals surface area contributed by atoms with E-state index in [1.165, 1.54) is 5.01 Å². The average molecular weight is 535 g/mol. The van der Waals surface area contributed by atoms with Gasteiger partial charge in [0, 0.05) is 5.56 Å². The maximum atomic E-state index is 13.6. The van der Waals surface area contributed by atoms with Crippen molar-refractivity contribution < 1.29 is 14.3 Å². The molecule has 1 amide bonds. The average Bonchev–Trinajstić information content (AvgIpc) is 3.24. The van der Waals surface area contributed by atoms with E-state index in [4.69, 9.17) is 21.7 Å². The third-order valence-electron chi connectivity index (χ3n) is 5.85. The van der Waals surface area contributed by atoms with Gasteiger partial charge in [-0.25, -0.2) is 4.99 Å². The minimum Gasteiger partial charge on any atom is -0.495 e. The molecule has 8 heteroatoms. The fourth-order valence-corrected chi connectivity index (χ4v) is 4.22. The summed E-state index contributed by atoms with van der Waals surface area (Å²) in [4.78, 5) is 18.2. The van der Waals surface area contributed by atoms with Crippen LogP contribution in [0.25, 0.3) is 6.08 Å². The summed E-state index contributed by atoms with van der Waals surface area (Å²) in [5.41, 5.74) is 6.52. The van der Waals surface area contributed by atoms with Crippen LogP contribution in [0.5, 0.6) is 17.2 Å². The first-order chi connectivity index (χ1) is 19.0. The molecule has 0 radical (unpaired) electrons. The third-order valence-corrected chi connectivity index (χ3v) is 6.04. The van der Waals surface area contributed by atoms with Crippen LogP contribution in [-0.2, 0) is 4.79 Å². The number of ether oxygens (including phenoxy) is 2. The van der Waals surface area contributed by atoms with Gasteiger partial charge in [0.05, 0.1) is 12.8 Å². The number of hydrogen-bond donors (Lipinski definition) is 2. The van der Waals surface area contributed by atoms with Gasteiger partial charge in [-0.15, -0.1) is 0 Å². The monoisotopic (exact) mass is 534 g/mol. The van der Waals surface area contributed by atoms with Crippen molar-refractivity contribution >= 4 is 40.8 Å². The lowest BCUT2D eigenvalue weighted by Gasteiger charge is -2.22. The smallest absolute Gasteiger partial charge is 0.297 e. The van der Waals surface area contributed by atoms with Crippen molar-refractivity contribution in [1.29, 1.82) is 0 Å². The summed E-state index contributed by atoms with van der Waals surface area (Å²) in [6, 6.07) is 32.2. The molecule has 0 unspecified atom stereocenters. The number of amides is 1. The molecule has 0 aromatic heterocycles. The van der Waals surface area contributed by atoms with E-state index in [2.05, 4.69) is 15.7 Å². The second kappa shape index (κ2) is 11.6. The number of hydrogen-bond acceptors (Lipinski definition) is 5. The summed E-state index contributed by atoms with van der Waals surface area (Å²) in [5.74, 6) is 2.10. The van der Waals surface area contributed by atoms with Gasteiger partial charge in [0.1, 0.15) is 22.9 Å². The number of carbonyl (C=O) groups is 1. The van der Waals surface area contributed by atoms with Crippen molar-refractivity contribution in [3.8, 4) is 17.2 Å². The quantitative estimate of drug-likeness (QED) is 0.213. The van der Waals surface area contributed by atoms with Crippen molar-refractivity contribution in [2.24, 2.45) is 4.99 Å². The second-order valence-corrected chi connectivity index (χ2v) is 9.14. The van der Waals surface area contributed by atoms with Gasteiger partial charge in [-0.3, -0.25) is 10.2 Å². The van der Waals surface area contributed by atoms with Crippen LogP contribution >= 0.6 is 12.2 Å². The van der Waals surface area contributed by atoms with Crippen LogP contribution in [0.2, 0.25) is 0 Å². The Kier molecular flexibility index (Phi) is 7.65. The summed E-state index contributed by atoms with van der Waals surface area (Å²) in [6.45, 7) is 1.97. The molecule has 0 fully saturated rings. The van der Waals surface area contributed by atoms with Crippen molar-refractivity contribution in [1.82, 2.24) is 10.4 Å². The minimum atomic E-state index is -0.344. The summed E-state index contributed by atoms with van der Waals surface area (Å²) in [6.07, 6.45) is 1.73. The van der Waals surface area contributed by atoms with E-state index in [0.29, 0.717) is 23.0 Å². The van der Waals surface area contributed by atoms with Crippen LogP contribution in [0.3, 0.4) is 0 Å². The van der Waals surface area contributed by atoms with E-state index < -0.39 is 0 Å². The Hall–Kier alpha value is -4.95. The highest BCUT2D eigenvalue weighted by atomic mass is 32.1. The van der Waals surface area contributed by atoms with Crippen molar-refractivity contribution in [2.75, 3.05) is 12.4 Å². The summed E-state index contributed by atoms with van der Waals surface area (Å²) in [5, 5.41) is 4.70. The number of anilines is 1. The highest BCUT2D eigenvalue weighted by Crippen LogP contribution is 2.27. The number of thiocarbonyl (C=S) groups is 1.